The highest BCUT2D eigenvalue weighted by molar-refractivity contribution is 9.14. The van der Waals surface area contributed by atoms with Crippen LogP contribution in [-0.4, -0.2) is 23.9 Å². The van der Waals surface area contributed by atoms with E-state index in [9.17, 15) is 4.79 Å². The van der Waals surface area contributed by atoms with Crippen LogP contribution in [0.5, 0.6) is 0 Å². The summed E-state index contributed by atoms with van der Waals surface area (Å²) in [5, 5.41) is 0. The van der Waals surface area contributed by atoms with Crippen LogP contribution >= 0.6 is 31.9 Å². The largest absolute Gasteiger partial charge is 0.333 e. The molecule has 0 aromatic heterocycles. The topological polar surface area (TPSA) is 20.3 Å². The standard InChI is InChI=1S/C8H11Br2NO/c1-5(2)3-11-4-6(9)7(10)8(11)12/h5H,3-4H2,1-2H3. The van der Waals surface area contributed by atoms with Gasteiger partial charge in [0.2, 0.25) is 0 Å². The first kappa shape index (κ1) is 10.3. The van der Waals surface area contributed by atoms with Crippen LogP contribution in [0, 0.1) is 5.92 Å². The minimum Gasteiger partial charge on any atom is -0.333 e. The zero-order valence-electron chi connectivity index (χ0n) is 7.10. The molecule has 1 rings (SSSR count). The fraction of sp³-hybridized carbons (Fsp3) is 0.625. The van der Waals surface area contributed by atoms with E-state index >= 15 is 0 Å². The molecule has 1 amide bonds. The normalized spacial score (nSPS) is 18.4. The van der Waals surface area contributed by atoms with Crippen molar-refractivity contribution in [2.24, 2.45) is 5.92 Å². The molecule has 68 valence electrons. The molecule has 1 aliphatic rings. The van der Waals surface area contributed by atoms with Gasteiger partial charge in [-0.1, -0.05) is 29.8 Å². The van der Waals surface area contributed by atoms with Gasteiger partial charge in [0, 0.05) is 11.0 Å². The van der Waals surface area contributed by atoms with Crippen molar-refractivity contribution in [3.8, 4) is 0 Å². The van der Waals surface area contributed by atoms with Crippen molar-refractivity contribution in [2.45, 2.75) is 13.8 Å². The zero-order chi connectivity index (χ0) is 9.30. The first-order valence-electron chi connectivity index (χ1n) is 3.85. The summed E-state index contributed by atoms with van der Waals surface area (Å²) in [5.74, 6) is 0.614. The van der Waals surface area contributed by atoms with Gasteiger partial charge in [-0.3, -0.25) is 4.79 Å². The number of carbonyl (C=O) groups is 1. The second-order valence-corrected chi connectivity index (χ2v) is 5.05. The van der Waals surface area contributed by atoms with Crippen LogP contribution in [0.3, 0.4) is 0 Å². The number of amides is 1. The van der Waals surface area contributed by atoms with Crippen LogP contribution in [0.15, 0.2) is 8.96 Å². The minimum atomic E-state index is 0.0931. The first-order chi connectivity index (χ1) is 5.52. The molecule has 2 nitrogen and oxygen atoms in total. The van der Waals surface area contributed by atoms with Gasteiger partial charge in [0.05, 0.1) is 11.0 Å². The zero-order valence-corrected chi connectivity index (χ0v) is 10.3. The summed E-state index contributed by atoms with van der Waals surface area (Å²) in [6.45, 7) is 5.74. The lowest BCUT2D eigenvalue weighted by molar-refractivity contribution is -0.125. The molecule has 0 aromatic carbocycles. The van der Waals surface area contributed by atoms with Crippen LogP contribution in [0.4, 0.5) is 0 Å². The Labute approximate surface area is 89.3 Å². The van der Waals surface area contributed by atoms with Crippen LogP contribution in [0.2, 0.25) is 0 Å². The molecule has 1 heterocycles. The van der Waals surface area contributed by atoms with E-state index in [1.807, 2.05) is 4.90 Å². The van der Waals surface area contributed by atoms with Crippen molar-refractivity contribution in [3.63, 3.8) is 0 Å². The highest BCUT2D eigenvalue weighted by Gasteiger charge is 2.27. The SMILES string of the molecule is CC(C)CN1CC(Br)=C(Br)C1=O. The molecule has 0 bridgehead atoms. The summed E-state index contributed by atoms with van der Waals surface area (Å²) >= 11 is 6.59. The molecule has 12 heavy (non-hydrogen) atoms. The third kappa shape index (κ3) is 2.10. The third-order valence-corrected chi connectivity index (χ3v) is 3.63. The molecule has 0 N–H and O–H groups in total. The van der Waals surface area contributed by atoms with Crippen molar-refractivity contribution in [3.05, 3.63) is 8.96 Å². The summed E-state index contributed by atoms with van der Waals surface area (Å²) in [7, 11) is 0. The summed E-state index contributed by atoms with van der Waals surface area (Å²) < 4.78 is 1.62. The second-order valence-electron chi connectivity index (χ2n) is 3.30. The monoisotopic (exact) mass is 295 g/mol. The second kappa shape index (κ2) is 3.92. The predicted octanol–water partition coefficient (Wildman–Crippen LogP) is 2.49. The van der Waals surface area contributed by atoms with E-state index in [0.717, 1.165) is 11.0 Å². The fourth-order valence-electron chi connectivity index (χ4n) is 1.15. The molecule has 0 atom stereocenters. The van der Waals surface area contributed by atoms with E-state index in [1.165, 1.54) is 0 Å². The van der Waals surface area contributed by atoms with Crippen LogP contribution in [0.25, 0.3) is 0 Å². The Balaban J connectivity index is 2.61. The van der Waals surface area contributed by atoms with Gasteiger partial charge >= 0.3 is 0 Å². The van der Waals surface area contributed by atoms with Crippen molar-refractivity contribution in [1.82, 2.24) is 4.90 Å². The van der Waals surface area contributed by atoms with Crippen molar-refractivity contribution in [1.29, 1.82) is 0 Å². The molecule has 0 aromatic rings. The van der Waals surface area contributed by atoms with E-state index in [-0.39, 0.29) is 5.91 Å². The van der Waals surface area contributed by atoms with E-state index in [0.29, 0.717) is 16.9 Å². The van der Waals surface area contributed by atoms with Gasteiger partial charge in [0.25, 0.3) is 5.91 Å². The van der Waals surface area contributed by atoms with Crippen LogP contribution in [0.1, 0.15) is 13.8 Å². The van der Waals surface area contributed by atoms with Gasteiger partial charge in [-0.05, 0) is 21.8 Å². The van der Waals surface area contributed by atoms with E-state index < -0.39 is 0 Å². The lowest BCUT2D eigenvalue weighted by Crippen LogP contribution is -2.30. The smallest absolute Gasteiger partial charge is 0.262 e. The number of hydrogen-bond donors (Lipinski definition) is 0. The maximum Gasteiger partial charge on any atom is 0.262 e. The van der Waals surface area contributed by atoms with Crippen molar-refractivity contribution in [2.75, 3.05) is 13.1 Å². The first-order valence-corrected chi connectivity index (χ1v) is 5.44. The molecule has 0 aliphatic carbocycles. The quantitative estimate of drug-likeness (QED) is 0.767. The number of carbonyl (C=O) groups excluding carboxylic acids is 1. The Morgan fingerprint density at radius 2 is 2.08 bits per heavy atom. The number of nitrogens with zero attached hydrogens (tertiary/aromatic N) is 1. The fourth-order valence-corrected chi connectivity index (χ4v) is 2.00. The third-order valence-electron chi connectivity index (χ3n) is 1.63. The van der Waals surface area contributed by atoms with Gasteiger partial charge < -0.3 is 4.90 Å². The maximum atomic E-state index is 11.4. The van der Waals surface area contributed by atoms with Crippen molar-refractivity contribution < 1.29 is 4.79 Å². The highest BCUT2D eigenvalue weighted by atomic mass is 79.9. The molecule has 0 saturated heterocycles. The molecule has 0 unspecified atom stereocenters. The summed E-state index contributed by atoms with van der Waals surface area (Å²) in [5.41, 5.74) is 0. The molecule has 1 aliphatic heterocycles. The van der Waals surface area contributed by atoms with E-state index in [4.69, 9.17) is 0 Å². The van der Waals surface area contributed by atoms with Crippen molar-refractivity contribution >= 4 is 37.8 Å². The number of halogens is 2. The summed E-state index contributed by atoms with van der Waals surface area (Å²) in [4.78, 5) is 13.3. The molecular formula is C8H11Br2NO. The summed E-state index contributed by atoms with van der Waals surface area (Å²) in [6, 6.07) is 0. The van der Waals surface area contributed by atoms with E-state index in [2.05, 4.69) is 45.7 Å². The van der Waals surface area contributed by atoms with E-state index in [1.54, 1.807) is 0 Å². The molecule has 0 spiro atoms. The Bertz CT molecular complexity index is 235. The van der Waals surface area contributed by atoms with Gasteiger partial charge in [0.15, 0.2) is 0 Å². The maximum absolute atomic E-state index is 11.4. The van der Waals surface area contributed by atoms with Gasteiger partial charge in [0.1, 0.15) is 0 Å². The average molecular weight is 297 g/mol. The molecular weight excluding hydrogens is 286 g/mol. The van der Waals surface area contributed by atoms with Crippen LogP contribution in [-0.2, 0) is 4.79 Å². The van der Waals surface area contributed by atoms with Crippen LogP contribution < -0.4 is 0 Å². The molecule has 0 fully saturated rings. The molecule has 0 radical (unpaired) electrons. The number of hydrogen-bond acceptors (Lipinski definition) is 1. The molecule has 0 saturated carbocycles. The Kier molecular flexibility index (Phi) is 3.35. The lowest BCUT2D eigenvalue weighted by Gasteiger charge is -2.18. The molecule has 4 heteroatoms. The Hall–Kier alpha value is 0.170. The Morgan fingerprint density at radius 1 is 1.50 bits per heavy atom. The predicted molar refractivity (Wildman–Crippen MR) is 56.3 cm³/mol. The van der Waals surface area contributed by atoms with Gasteiger partial charge in [-0.15, -0.1) is 0 Å². The highest BCUT2D eigenvalue weighted by Crippen LogP contribution is 2.28. The van der Waals surface area contributed by atoms with Gasteiger partial charge in [-0.25, -0.2) is 0 Å². The van der Waals surface area contributed by atoms with Gasteiger partial charge in [-0.2, -0.15) is 0 Å². The summed E-state index contributed by atoms with van der Waals surface area (Å²) in [6.07, 6.45) is 0. The Morgan fingerprint density at radius 3 is 2.42 bits per heavy atom. The lowest BCUT2D eigenvalue weighted by atomic mass is 10.2. The average Bonchev–Trinajstić information content (AvgIpc) is 2.17. The minimum absolute atomic E-state index is 0.0931. The number of rotatable bonds is 2.